The van der Waals surface area contributed by atoms with Crippen molar-refractivity contribution < 1.29 is 42.2 Å². The summed E-state index contributed by atoms with van der Waals surface area (Å²) in [5, 5.41) is 13.6. The number of hydrogen-bond donors (Lipinski definition) is 1. The van der Waals surface area contributed by atoms with Crippen molar-refractivity contribution in [1.82, 2.24) is 5.32 Å². The molecule has 0 aromatic heterocycles. The molecule has 0 fully saturated rings. The standard InChI is InChI=1S/C19H18F2N2O8/c1-28-13-5-3-11(4-6-13)18(25)22-9-17(24)30-10-12-7-15(29-2)16(31-19(20)21)8-14(12)23(26)27/h3-8,19H,9-10H2,1-2H3,(H,22,25). The minimum atomic E-state index is -3.22. The summed E-state index contributed by atoms with van der Waals surface area (Å²) in [7, 11) is 2.63. The predicted molar refractivity (Wildman–Crippen MR) is 101 cm³/mol. The third-order valence-electron chi connectivity index (χ3n) is 3.91. The second-order valence-corrected chi connectivity index (χ2v) is 5.84. The lowest BCUT2D eigenvalue weighted by Crippen LogP contribution is -2.30. The Morgan fingerprint density at radius 1 is 1.10 bits per heavy atom. The van der Waals surface area contributed by atoms with E-state index in [0.717, 1.165) is 19.2 Å². The van der Waals surface area contributed by atoms with Crippen molar-refractivity contribution in [3.05, 3.63) is 57.6 Å². The van der Waals surface area contributed by atoms with Gasteiger partial charge in [-0.25, -0.2) is 0 Å². The number of amides is 1. The molecule has 1 amide bonds. The summed E-state index contributed by atoms with van der Waals surface area (Å²) in [6.45, 7) is -4.27. The second kappa shape index (κ2) is 10.7. The molecule has 1 N–H and O–H groups in total. The minimum absolute atomic E-state index is 0.113. The lowest BCUT2D eigenvalue weighted by atomic mass is 10.1. The molecule has 0 aliphatic rings. The van der Waals surface area contributed by atoms with Gasteiger partial charge >= 0.3 is 12.6 Å². The quantitative estimate of drug-likeness (QED) is 0.340. The molecule has 166 valence electrons. The molecule has 2 rings (SSSR count). The summed E-state index contributed by atoms with van der Waals surface area (Å²) >= 11 is 0. The van der Waals surface area contributed by atoms with Crippen LogP contribution in [0.2, 0.25) is 0 Å². The summed E-state index contributed by atoms with van der Waals surface area (Å²) in [5.74, 6) is -1.60. The van der Waals surface area contributed by atoms with Crippen LogP contribution in [0.1, 0.15) is 15.9 Å². The van der Waals surface area contributed by atoms with Gasteiger partial charge in [0, 0.05) is 5.56 Å². The first kappa shape index (κ1) is 23.3. The van der Waals surface area contributed by atoms with E-state index >= 15 is 0 Å². The van der Waals surface area contributed by atoms with Gasteiger partial charge in [0.25, 0.3) is 11.6 Å². The first-order chi connectivity index (χ1) is 14.7. The Bertz CT molecular complexity index is 951. The highest BCUT2D eigenvalue weighted by Gasteiger charge is 2.22. The molecule has 0 atom stereocenters. The first-order valence-electron chi connectivity index (χ1n) is 8.63. The lowest BCUT2D eigenvalue weighted by molar-refractivity contribution is -0.386. The Morgan fingerprint density at radius 3 is 2.32 bits per heavy atom. The van der Waals surface area contributed by atoms with Crippen molar-refractivity contribution in [2.75, 3.05) is 20.8 Å². The average Bonchev–Trinajstić information content (AvgIpc) is 2.75. The molecule has 0 saturated heterocycles. The summed E-state index contributed by atoms with van der Waals surface area (Å²) in [4.78, 5) is 34.3. The maximum absolute atomic E-state index is 12.5. The molecule has 2 aromatic carbocycles. The molecular formula is C19H18F2N2O8. The summed E-state index contributed by atoms with van der Waals surface area (Å²) in [5.41, 5.74) is -0.437. The third kappa shape index (κ3) is 6.52. The molecular weight excluding hydrogens is 422 g/mol. The lowest BCUT2D eigenvalue weighted by Gasteiger charge is -2.12. The molecule has 0 saturated carbocycles. The topological polar surface area (TPSA) is 126 Å². The van der Waals surface area contributed by atoms with E-state index in [9.17, 15) is 28.5 Å². The van der Waals surface area contributed by atoms with Gasteiger partial charge in [0.1, 0.15) is 18.9 Å². The summed E-state index contributed by atoms with van der Waals surface area (Å²) < 4.78 is 44.0. The van der Waals surface area contributed by atoms with Gasteiger partial charge in [0.2, 0.25) is 0 Å². The van der Waals surface area contributed by atoms with Crippen molar-refractivity contribution in [2.45, 2.75) is 13.2 Å². The van der Waals surface area contributed by atoms with Crippen LogP contribution in [-0.2, 0) is 16.1 Å². The molecule has 0 aliphatic carbocycles. The molecule has 0 spiro atoms. The number of nitro groups is 1. The van der Waals surface area contributed by atoms with Crippen LogP contribution in [0.5, 0.6) is 17.2 Å². The molecule has 31 heavy (non-hydrogen) atoms. The number of nitro benzene ring substituents is 1. The number of halogens is 2. The van der Waals surface area contributed by atoms with E-state index in [4.69, 9.17) is 14.2 Å². The molecule has 0 unspecified atom stereocenters. The number of alkyl halides is 2. The van der Waals surface area contributed by atoms with Crippen LogP contribution in [0.3, 0.4) is 0 Å². The Hall–Kier alpha value is -3.96. The van der Waals surface area contributed by atoms with E-state index in [1.165, 1.54) is 19.2 Å². The molecule has 2 aromatic rings. The van der Waals surface area contributed by atoms with Gasteiger partial charge in [-0.3, -0.25) is 19.7 Å². The fraction of sp³-hybridized carbons (Fsp3) is 0.263. The highest BCUT2D eigenvalue weighted by atomic mass is 19.3. The second-order valence-electron chi connectivity index (χ2n) is 5.84. The van der Waals surface area contributed by atoms with Gasteiger partial charge in [0.05, 0.1) is 30.8 Å². The molecule has 0 radical (unpaired) electrons. The Morgan fingerprint density at radius 2 is 1.77 bits per heavy atom. The monoisotopic (exact) mass is 440 g/mol. The molecule has 0 heterocycles. The third-order valence-corrected chi connectivity index (χ3v) is 3.91. The zero-order valence-corrected chi connectivity index (χ0v) is 16.4. The smallest absolute Gasteiger partial charge is 0.387 e. The number of ether oxygens (including phenoxy) is 4. The van der Waals surface area contributed by atoms with Crippen LogP contribution in [0.15, 0.2) is 36.4 Å². The number of hydrogen-bond acceptors (Lipinski definition) is 8. The molecule has 12 heteroatoms. The summed E-state index contributed by atoms with van der Waals surface area (Å²) in [6.07, 6.45) is 0. The van der Waals surface area contributed by atoms with Crippen LogP contribution in [-0.4, -0.2) is 44.2 Å². The number of esters is 1. The van der Waals surface area contributed by atoms with Crippen LogP contribution < -0.4 is 19.5 Å². The van der Waals surface area contributed by atoms with E-state index in [1.807, 2.05) is 0 Å². The fourth-order valence-corrected chi connectivity index (χ4v) is 2.43. The van der Waals surface area contributed by atoms with Crippen molar-refractivity contribution in [1.29, 1.82) is 0 Å². The number of nitrogens with zero attached hydrogens (tertiary/aromatic N) is 1. The normalized spacial score (nSPS) is 10.4. The Labute approximate surface area is 174 Å². The summed E-state index contributed by atoms with van der Waals surface area (Å²) in [6, 6.07) is 7.94. The minimum Gasteiger partial charge on any atom is -0.497 e. The van der Waals surface area contributed by atoms with E-state index in [-0.39, 0.29) is 16.9 Å². The van der Waals surface area contributed by atoms with Gasteiger partial charge in [0.15, 0.2) is 11.5 Å². The number of carbonyl (C=O) groups excluding carboxylic acids is 2. The van der Waals surface area contributed by atoms with Crippen LogP contribution >= 0.6 is 0 Å². The number of methoxy groups -OCH3 is 2. The first-order valence-corrected chi connectivity index (χ1v) is 8.63. The van der Waals surface area contributed by atoms with Crippen LogP contribution in [0.4, 0.5) is 14.5 Å². The van der Waals surface area contributed by atoms with Crippen molar-refractivity contribution in [3.63, 3.8) is 0 Å². The highest BCUT2D eigenvalue weighted by molar-refractivity contribution is 5.96. The largest absolute Gasteiger partial charge is 0.497 e. The molecule has 0 bridgehead atoms. The number of rotatable bonds is 10. The van der Waals surface area contributed by atoms with Crippen molar-refractivity contribution in [3.8, 4) is 17.2 Å². The Kier molecular flexibility index (Phi) is 8.06. The maximum atomic E-state index is 12.5. The zero-order valence-electron chi connectivity index (χ0n) is 16.4. The highest BCUT2D eigenvalue weighted by Crippen LogP contribution is 2.36. The van der Waals surface area contributed by atoms with E-state index in [2.05, 4.69) is 10.1 Å². The molecule has 10 nitrogen and oxygen atoms in total. The number of benzene rings is 2. The number of carbonyl (C=O) groups is 2. The fourth-order valence-electron chi connectivity index (χ4n) is 2.43. The van der Waals surface area contributed by atoms with Gasteiger partial charge in [-0.2, -0.15) is 8.78 Å². The van der Waals surface area contributed by atoms with Gasteiger partial charge in [-0.15, -0.1) is 0 Å². The molecule has 0 aliphatic heterocycles. The van der Waals surface area contributed by atoms with Gasteiger partial charge in [-0.1, -0.05) is 0 Å². The van der Waals surface area contributed by atoms with E-state index in [0.29, 0.717) is 5.75 Å². The maximum Gasteiger partial charge on any atom is 0.387 e. The van der Waals surface area contributed by atoms with Gasteiger partial charge < -0.3 is 24.3 Å². The predicted octanol–water partition coefficient (Wildman–Crippen LogP) is 2.69. The van der Waals surface area contributed by atoms with Crippen LogP contribution in [0.25, 0.3) is 0 Å². The van der Waals surface area contributed by atoms with Crippen LogP contribution in [0, 0.1) is 10.1 Å². The number of nitrogens with one attached hydrogen (secondary N) is 1. The van der Waals surface area contributed by atoms with E-state index in [1.54, 1.807) is 12.1 Å². The van der Waals surface area contributed by atoms with Gasteiger partial charge in [-0.05, 0) is 30.3 Å². The van der Waals surface area contributed by atoms with Crippen molar-refractivity contribution in [2.24, 2.45) is 0 Å². The average molecular weight is 440 g/mol. The van der Waals surface area contributed by atoms with E-state index < -0.39 is 48.0 Å². The zero-order chi connectivity index (χ0) is 23.0. The SMILES string of the molecule is COc1ccc(C(=O)NCC(=O)OCc2cc(OC)c(OC(F)F)cc2[N+](=O)[O-])cc1. The Balaban J connectivity index is 2.01. The van der Waals surface area contributed by atoms with Crippen molar-refractivity contribution >= 4 is 17.6 Å².